The molecule has 0 aliphatic rings. The van der Waals surface area contributed by atoms with Gasteiger partial charge in [-0.2, -0.15) is 0 Å². The highest BCUT2D eigenvalue weighted by Gasteiger charge is 2.31. The number of hydrogen-bond acceptors (Lipinski definition) is 4. The zero-order chi connectivity index (χ0) is 15.3. The summed E-state index contributed by atoms with van der Waals surface area (Å²) in [5, 5.41) is 13.4. The van der Waals surface area contributed by atoms with Gasteiger partial charge in [0, 0.05) is 4.91 Å². The minimum absolute atomic E-state index is 0.259. The molecular weight excluding hydrogens is 265 g/mol. The number of carbonyl (C=O) groups is 1. The van der Waals surface area contributed by atoms with Crippen molar-refractivity contribution in [3.63, 3.8) is 0 Å². The number of halogens is 1. The molecule has 2 atom stereocenters. The lowest BCUT2D eigenvalue weighted by molar-refractivity contribution is -0.159. The Morgan fingerprint density at radius 2 is 1.95 bits per heavy atom. The zero-order valence-electron chi connectivity index (χ0n) is 11.4. The number of benzene rings is 1. The molecule has 1 aromatic rings. The summed E-state index contributed by atoms with van der Waals surface area (Å²) in [5.74, 6) is -1.31. The molecule has 108 valence electrons. The van der Waals surface area contributed by atoms with Crippen molar-refractivity contribution in [3.05, 3.63) is 46.1 Å². The molecule has 0 spiro atoms. The van der Waals surface area contributed by atoms with Gasteiger partial charge in [0.15, 0.2) is 6.04 Å². The number of azide groups is 1. The van der Waals surface area contributed by atoms with E-state index in [-0.39, 0.29) is 5.56 Å². The first-order valence-electron chi connectivity index (χ1n) is 5.95. The number of nitrogens with zero attached hydrogens (tertiary/aromatic N) is 3. The van der Waals surface area contributed by atoms with E-state index in [1.807, 2.05) is 0 Å². The molecule has 0 radical (unpaired) electrons. The Labute approximate surface area is 115 Å². The summed E-state index contributed by atoms with van der Waals surface area (Å²) in [6.07, 6.45) is -1.40. The second-order valence-electron chi connectivity index (χ2n) is 5.18. The van der Waals surface area contributed by atoms with Crippen LogP contribution >= 0.6 is 0 Å². The first kappa shape index (κ1) is 15.9. The highest BCUT2D eigenvalue weighted by atomic mass is 19.1. The molecule has 0 aliphatic carbocycles. The molecule has 1 aromatic carbocycles. The van der Waals surface area contributed by atoms with Crippen molar-refractivity contribution in [2.45, 2.75) is 38.5 Å². The van der Waals surface area contributed by atoms with Crippen molar-refractivity contribution >= 4 is 5.97 Å². The van der Waals surface area contributed by atoms with Gasteiger partial charge in [0.05, 0.1) is 6.10 Å². The van der Waals surface area contributed by atoms with E-state index in [2.05, 4.69) is 10.0 Å². The zero-order valence-corrected chi connectivity index (χ0v) is 11.4. The summed E-state index contributed by atoms with van der Waals surface area (Å²) >= 11 is 0. The molecule has 1 N–H and O–H groups in total. The monoisotopic (exact) mass is 281 g/mol. The molecule has 0 bridgehead atoms. The molecule has 0 aliphatic heterocycles. The van der Waals surface area contributed by atoms with E-state index in [4.69, 9.17) is 10.3 Å². The van der Waals surface area contributed by atoms with E-state index in [0.717, 1.165) is 12.1 Å². The van der Waals surface area contributed by atoms with E-state index < -0.39 is 29.5 Å². The van der Waals surface area contributed by atoms with Crippen LogP contribution in [-0.2, 0) is 9.53 Å². The van der Waals surface area contributed by atoms with Gasteiger partial charge in [-0.1, -0.05) is 17.2 Å². The Morgan fingerprint density at radius 3 is 2.40 bits per heavy atom. The van der Waals surface area contributed by atoms with Gasteiger partial charge in [0.25, 0.3) is 0 Å². The topological polar surface area (TPSA) is 95.3 Å². The number of aliphatic hydroxyl groups excluding tert-OH is 1. The summed E-state index contributed by atoms with van der Waals surface area (Å²) in [5.41, 5.74) is 7.99. The van der Waals surface area contributed by atoms with Crippen molar-refractivity contribution in [1.29, 1.82) is 0 Å². The molecule has 7 heteroatoms. The molecule has 0 saturated heterocycles. The van der Waals surface area contributed by atoms with Crippen LogP contribution in [-0.4, -0.2) is 22.7 Å². The highest BCUT2D eigenvalue weighted by Crippen LogP contribution is 2.22. The van der Waals surface area contributed by atoms with Crippen molar-refractivity contribution in [3.8, 4) is 0 Å². The number of ether oxygens (including phenoxy) is 1. The molecule has 0 unspecified atom stereocenters. The largest absolute Gasteiger partial charge is 0.460 e. The summed E-state index contributed by atoms with van der Waals surface area (Å²) < 4.78 is 17.9. The maximum atomic E-state index is 12.8. The third-order valence-electron chi connectivity index (χ3n) is 2.33. The Kier molecular flexibility index (Phi) is 5.07. The van der Waals surface area contributed by atoms with Crippen LogP contribution in [0.15, 0.2) is 29.4 Å². The Morgan fingerprint density at radius 1 is 1.40 bits per heavy atom. The maximum absolute atomic E-state index is 12.8. The Bertz CT molecular complexity index is 519. The quantitative estimate of drug-likeness (QED) is 0.398. The van der Waals surface area contributed by atoms with E-state index >= 15 is 0 Å². The molecule has 0 amide bonds. The first-order valence-corrected chi connectivity index (χ1v) is 5.95. The molecule has 1 rings (SSSR count). The van der Waals surface area contributed by atoms with E-state index in [9.17, 15) is 14.3 Å². The standard InChI is InChI=1S/C13H16FN3O3/c1-13(2,3)20-12(19)10(16-17-15)11(18)8-4-6-9(14)7-5-8/h4-7,10-11,18H,1-3H3/t10-,11+/m1/s1. The normalized spacial score (nSPS) is 14.1. The summed E-state index contributed by atoms with van der Waals surface area (Å²) in [6, 6.07) is 3.47. The van der Waals surface area contributed by atoms with Gasteiger partial charge in [0.1, 0.15) is 11.4 Å². The number of rotatable bonds is 4. The van der Waals surface area contributed by atoms with E-state index in [1.165, 1.54) is 12.1 Å². The van der Waals surface area contributed by atoms with Crippen LogP contribution in [0.1, 0.15) is 32.4 Å². The summed E-state index contributed by atoms with van der Waals surface area (Å²) in [7, 11) is 0. The third-order valence-corrected chi connectivity index (χ3v) is 2.33. The smallest absolute Gasteiger partial charge is 0.318 e. The van der Waals surface area contributed by atoms with Gasteiger partial charge >= 0.3 is 5.97 Å². The number of carbonyl (C=O) groups excluding carboxylic acids is 1. The van der Waals surface area contributed by atoms with Crippen molar-refractivity contribution in [2.75, 3.05) is 0 Å². The van der Waals surface area contributed by atoms with Gasteiger partial charge in [-0.3, -0.25) is 4.79 Å². The van der Waals surface area contributed by atoms with E-state index in [0.29, 0.717) is 0 Å². The van der Waals surface area contributed by atoms with Crippen molar-refractivity contribution in [1.82, 2.24) is 0 Å². The van der Waals surface area contributed by atoms with Crippen LogP contribution in [0.25, 0.3) is 10.4 Å². The van der Waals surface area contributed by atoms with Crippen LogP contribution in [0.2, 0.25) is 0 Å². The van der Waals surface area contributed by atoms with Crippen molar-refractivity contribution < 1.29 is 19.0 Å². The lowest BCUT2D eigenvalue weighted by Crippen LogP contribution is -2.34. The minimum atomic E-state index is -1.43. The van der Waals surface area contributed by atoms with Gasteiger partial charge in [0.2, 0.25) is 0 Å². The summed E-state index contributed by atoms with van der Waals surface area (Å²) in [6.45, 7) is 4.97. The van der Waals surface area contributed by atoms with Crippen LogP contribution in [0.5, 0.6) is 0 Å². The molecule has 0 aromatic heterocycles. The average Bonchev–Trinajstić information content (AvgIpc) is 2.34. The summed E-state index contributed by atoms with van der Waals surface area (Å²) in [4.78, 5) is 14.5. The first-order chi connectivity index (χ1) is 9.24. The number of esters is 1. The SMILES string of the molecule is CC(C)(C)OC(=O)[C@H](N=[N+]=[N-])[C@@H](O)c1ccc(F)cc1. The number of hydrogen-bond donors (Lipinski definition) is 1. The van der Waals surface area contributed by atoms with Gasteiger partial charge in [-0.15, -0.1) is 0 Å². The van der Waals surface area contributed by atoms with Crippen molar-refractivity contribution in [2.24, 2.45) is 5.11 Å². The molecule has 0 saturated carbocycles. The lowest BCUT2D eigenvalue weighted by Gasteiger charge is -2.24. The molecule has 0 heterocycles. The van der Waals surface area contributed by atoms with Gasteiger partial charge < -0.3 is 9.84 Å². The van der Waals surface area contributed by atoms with Crippen LogP contribution in [0, 0.1) is 5.82 Å². The average molecular weight is 281 g/mol. The fraction of sp³-hybridized carbons (Fsp3) is 0.462. The second-order valence-corrected chi connectivity index (χ2v) is 5.18. The Hall–Kier alpha value is -2.11. The van der Waals surface area contributed by atoms with Gasteiger partial charge in [-0.25, -0.2) is 4.39 Å². The second kappa shape index (κ2) is 6.36. The minimum Gasteiger partial charge on any atom is -0.460 e. The Balaban J connectivity index is 2.98. The highest BCUT2D eigenvalue weighted by molar-refractivity contribution is 5.77. The van der Waals surface area contributed by atoms with Crippen LogP contribution in [0.3, 0.4) is 0 Å². The maximum Gasteiger partial charge on any atom is 0.318 e. The fourth-order valence-electron chi connectivity index (χ4n) is 1.50. The number of aliphatic hydroxyl groups is 1. The van der Waals surface area contributed by atoms with Crippen LogP contribution < -0.4 is 0 Å². The third kappa shape index (κ3) is 4.53. The fourth-order valence-corrected chi connectivity index (χ4v) is 1.50. The van der Waals surface area contributed by atoms with Gasteiger partial charge in [-0.05, 0) is 44.0 Å². The molecule has 20 heavy (non-hydrogen) atoms. The predicted octanol–water partition coefficient (Wildman–Crippen LogP) is 2.88. The predicted molar refractivity (Wildman–Crippen MR) is 70.1 cm³/mol. The van der Waals surface area contributed by atoms with Crippen LogP contribution in [0.4, 0.5) is 4.39 Å². The lowest BCUT2D eigenvalue weighted by atomic mass is 10.0. The molecule has 0 fully saturated rings. The molecule has 6 nitrogen and oxygen atoms in total. The molecular formula is C13H16FN3O3. The van der Waals surface area contributed by atoms with E-state index in [1.54, 1.807) is 20.8 Å².